The van der Waals surface area contributed by atoms with Gasteiger partial charge in [-0.1, -0.05) is 19.9 Å². The van der Waals surface area contributed by atoms with Crippen LogP contribution in [0.1, 0.15) is 30.6 Å². The van der Waals surface area contributed by atoms with Gasteiger partial charge in [0.1, 0.15) is 16.8 Å². The topological polar surface area (TPSA) is 79.2 Å². The molecule has 30 heavy (non-hydrogen) atoms. The average Bonchev–Trinajstić information content (AvgIpc) is 3.41. The smallest absolute Gasteiger partial charge is 0.333 e. The SMILES string of the molecule is COCC(C)C1=NC(c2nc(/C=C/C(OC)C(C)/C(=C/C(=O)OC)OC)cs2)CS1. The molecule has 0 spiro atoms. The number of thiazole rings is 1. The van der Waals surface area contributed by atoms with E-state index in [1.807, 2.05) is 24.5 Å². The van der Waals surface area contributed by atoms with Crippen molar-refractivity contribution in [3.05, 3.63) is 34.0 Å². The molecule has 4 unspecified atom stereocenters. The largest absolute Gasteiger partial charge is 0.500 e. The molecule has 1 aromatic rings. The summed E-state index contributed by atoms with van der Waals surface area (Å²) in [5.74, 6) is 1.08. The van der Waals surface area contributed by atoms with Gasteiger partial charge in [-0.2, -0.15) is 0 Å². The first-order valence-electron chi connectivity index (χ1n) is 9.62. The highest BCUT2D eigenvalue weighted by Gasteiger charge is 2.26. The molecule has 166 valence electrons. The fraction of sp³-hybridized carbons (Fsp3) is 0.571. The number of methoxy groups -OCH3 is 4. The summed E-state index contributed by atoms with van der Waals surface area (Å²) in [5.41, 5.74) is 0.860. The van der Waals surface area contributed by atoms with Crippen LogP contribution < -0.4 is 0 Å². The minimum absolute atomic E-state index is 0.0942. The summed E-state index contributed by atoms with van der Waals surface area (Å²) < 4.78 is 20.8. The summed E-state index contributed by atoms with van der Waals surface area (Å²) >= 11 is 3.39. The van der Waals surface area contributed by atoms with Gasteiger partial charge < -0.3 is 18.9 Å². The molecule has 1 aliphatic heterocycles. The zero-order chi connectivity index (χ0) is 22.1. The van der Waals surface area contributed by atoms with E-state index in [2.05, 4.69) is 11.7 Å². The molecule has 7 nitrogen and oxygen atoms in total. The Hall–Kier alpha value is -1.68. The predicted molar refractivity (Wildman–Crippen MR) is 122 cm³/mol. The van der Waals surface area contributed by atoms with Gasteiger partial charge in [0.15, 0.2) is 0 Å². The number of ether oxygens (including phenoxy) is 4. The molecule has 2 heterocycles. The molecular weight excluding hydrogens is 424 g/mol. The molecule has 0 bridgehead atoms. The van der Waals surface area contributed by atoms with Gasteiger partial charge in [0.05, 0.1) is 43.7 Å². The summed E-state index contributed by atoms with van der Waals surface area (Å²) in [6.45, 7) is 4.73. The van der Waals surface area contributed by atoms with Gasteiger partial charge in [0.2, 0.25) is 0 Å². The highest BCUT2D eigenvalue weighted by atomic mass is 32.2. The van der Waals surface area contributed by atoms with E-state index in [0.29, 0.717) is 18.3 Å². The van der Waals surface area contributed by atoms with Crippen LogP contribution in [-0.4, -0.2) is 62.9 Å². The van der Waals surface area contributed by atoms with Gasteiger partial charge in [-0.05, 0) is 6.08 Å². The highest BCUT2D eigenvalue weighted by Crippen LogP contribution is 2.34. The van der Waals surface area contributed by atoms with Crippen molar-refractivity contribution in [1.82, 2.24) is 4.98 Å². The Morgan fingerprint density at radius 2 is 2.03 bits per heavy atom. The number of carbonyl (C=O) groups excluding carboxylic acids is 1. The molecule has 0 saturated carbocycles. The fourth-order valence-electron chi connectivity index (χ4n) is 3.00. The van der Waals surface area contributed by atoms with E-state index < -0.39 is 5.97 Å². The van der Waals surface area contributed by atoms with Gasteiger partial charge in [0, 0.05) is 37.2 Å². The zero-order valence-corrected chi connectivity index (χ0v) is 19.9. The van der Waals surface area contributed by atoms with E-state index >= 15 is 0 Å². The first kappa shape index (κ1) is 24.6. The second-order valence-corrected chi connectivity index (χ2v) is 8.81. The molecule has 0 aromatic carbocycles. The van der Waals surface area contributed by atoms with Crippen molar-refractivity contribution in [3.63, 3.8) is 0 Å². The molecule has 0 saturated heterocycles. The number of rotatable bonds is 11. The number of carbonyl (C=O) groups is 1. The molecule has 0 radical (unpaired) electrons. The molecule has 2 rings (SSSR count). The molecule has 0 fully saturated rings. The van der Waals surface area contributed by atoms with Gasteiger partial charge in [-0.25, -0.2) is 9.78 Å². The highest BCUT2D eigenvalue weighted by molar-refractivity contribution is 8.14. The summed E-state index contributed by atoms with van der Waals surface area (Å²) in [4.78, 5) is 21.1. The fourth-order valence-corrected chi connectivity index (χ4v) is 5.04. The lowest BCUT2D eigenvalue weighted by Crippen LogP contribution is -2.21. The molecule has 1 aromatic heterocycles. The van der Waals surface area contributed by atoms with Crippen LogP contribution in [0.25, 0.3) is 6.08 Å². The number of aromatic nitrogens is 1. The molecule has 9 heteroatoms. The third kappa shape index (κ3) is 6.66. The van der Waals surface area contributed by atoms with Crippen molar-refractivity contribution < 1.29 is 23.7 Å². The average molecular weight is 455 g/mol. The molecule has 0 amide bonds. The molecule has 0 aliphatic carbocycles. The maximum absolute atomic E-state index is 11.5. The maximum Gasteiger partial charge on any atom is 0.333 e. The predicted octanol–water partition coefficient (Wildman–Crippen LogP) is 3.98. The minimum atomic E-state index is -0.462. The van der Waals surface area contributed by atoms with Crippen molar-refractivity contribution in [3.8, 4) is 0 Å². The number of aliphatic imine (C=N–C) groups is 1. The Bertz CT molecular complexity index is 790. The summed E-state index contributed by atoms with van der Waals surface area (Å²) in [5, 5.41) is 4.15. The maximum atomic E-state index is 11.5. The quantitative estimate of drug-likeness (QED) is 0.284. The minimum Gasteiger partial charge on any atom is -0.500 e. The van der Waals surface area contributed by atoms with E-state index in [1.54, 1.807) is 37.3 Å². The van der Waals surface area contributed by atoms with Crippen LogP contribution in [0.5, 0.6) is 0 Å². The number of hydrogen-bond donors (Lipinski definition) is 0. The van der Waals surface area contributed by atoms with Crippen LogP contribution >= 0.6 is 23.1 Å². The first-order valence-corrected chi connectivity index (χ1v) is 11.5. The van der Waals surface area contributed by atoms with Crippen molar-refractivity contribution >= 4 is 40.2 Å². The van der Waals surface area contributed by atoms with Crippen molar-refractivity contribution in [2.24, 2.45) is 16.8 Å². The van der Waals surface area contributed by atoms with Gasteiger partial charge in [-0.15, -0.1) is 23.1 Å². The van der Waals surface area contributed by atoms with Gasteiger partial charge in [-0.3, -0.25) is 4.99 Å². The van der Waals surface area contributed by atoms with E-state index in [9.17, 15) is 4.79 Å². The normalized spacial score (nSPS) is 20.1. The third-order valence-electron chi connectivity index (χ3n) is 4.70. The third-order valence-corrected chi connectivity index (χ3v) is 6.95. The molecule has 1 aliphatic rings. The molecule has 4 atom stereocenters. The van der Waals surface area contributed by atoms with Crippen molar-refractivity contribution in [1.29, 1.82) is 0 Å². The Balaban J connectivity index is 2.07. The standard InChI is InChI=1S/C21H30N2O5S2/c1-13(10-25-3)20-23-16(12-30-20)21-22-15(11-29-21)7-8-17(26-4)14(2)18(27-5)9-19(24)28-6/h7-9,11,13-14,16-17H,10,12H2,1-6H3/b8-7+,18-9-. The second-order valence-electron chi connectivity index (χ2n) is 6.88. The van der Waals surface area contributed by atoms with Crippen molar-refractivity contribution in [2.75, 3.05) is 40.8 Å². The Morgan fingerprint density at radius 1 is 1.27 bits per heavy atom. The van der Waals surface area contributed by atoms with Gasteiger partial charge >= 0.3 is 5.97 Å². The van der Waals surface area contributed by atoms with Crippen LogP contribution in [0.15, 0.2) is 28.3 Å². The van der Waals surface area contributed by atoms with Crippen LogP contribution in [0.4, 0.5) is 0 Å². The van der Waals surface area contributed by atoms with E-state index in [0.717, 1.165) is 21.5 Å². The monoisotopic (exact) mass is 454 g/mol. The van der Waals surface area contributed by atoms with E-state index in [1.165, 1.54) is 20.3 Å². The molecule has 0 N–H and O–H groups in total. The number of esters is 1. The number of nitrogens with zero attached hydrogens (tertiary/aromatic N) is 2. The van der Waals surface area contributed by atoms with Crippen LogP contribution in [0.2, 0.25) is 0 Å². The lowest BCUT2D eigenvalue weighted by Gasteiger charge is -2.21. The summed E-state index contributed by atoms with van der Waals surface area (Å²) in [6, 6.07) is 0.0942. The zero-order valence-electron chi connectivity index (χ0n) is 18.3. The first-order chi connectivity index (χ1) is 14.4. The van der Waals surface area contributed by atoms with E-state index in [-0.39, 0.29) is 18.1 Å². The second kappa shape index (κ2) is 12.2. The Morgan fingerprint density at radius 3 is 2.67 bits per heavy atom. The summed E-state index contributed by atoms with van der Waals surface area (Å²) in [6.07, 6.45) is 4.90. The van der Waals surface area contributed by atoms with Crippen LogP contribution in [0, 0.1) is 11.8 Å². The van der Waals surface area contributed by atoms with Crippen LogP contribution in [-0.2, 0) is 23.7 Å². The number of thioether (sulfide) groups is 1. The molecular formula is C21H30N2O5S2. The lowest BCUT2D eigenvalue weighted by molar-refractivity contribution is -0.135. The summed E-state index contributed by atoms with van der Waals surface area (Å²) in [7, 11) is 6.19. The lowest BCUT2D eigenvalue weighted by atomic mass is 10.0. The van der Waals surface area contributed by atoms with E-state index in [4.69, 9.17) is 24.2 Å². The Labute approximate surface area is 186 Å². The number of hydrogen-bond acceptors (Lipinski definition) is 9. The van der Waals surface area contributed by atoms with Gasteiger partial charge in [0.25, 0.3) is 0 Å². The van der Waals surface area contributed by atoms with Crippen LogP contribution in [0.3, 0.4) is 0 Å². The Kier molecular flexibility index (Phi) is 10.0. The van der Waals surface area contributed by atoms with Crippen molar-refractivity contribution in [2.45, 2.75) is 26.0 Å².